The van der Waals surface area contributed by atoms with Gasteiger partial charge in [0.1, 0.15) is 5.76 Å². The molecule has 0 saturated carbocycles. The van der Waals surface area contributed by atoms with Crippen LogP contribution in [-0.2, 0) is 16.6 Å². The van der Waals surface area contributed by atoms with Gasteiger partial charge in [-0.3, -0.25) is 0 Å². The summed E-state index contributed by atoms with van der Waals surface area (Å²) in [5, 5.41) is 0. The lowest BCUT2D eigenvalue weighted by Crippen LogP contribution is -2.23. The van der Waals surface area contributed by atoms with Crippen molar-refractivity contribution >= 4 is 10.0 Å². The number of aromatic nitrogens is 1. The molecule has 3 rings (SSSR count). The Morgan fingerprint density at radius 2 is 1.68 bits per heavy atom. The highest BCUT2D eigenvalue weighted by molar-refractivity contribution is 7.89. The highest BCUT2D eigenvalue weighted by Gasteiger charge is 2.17. The molecule has 1 heterocycles. The van der Waals surface area contributed by atoms with Gasteiger partial charge in [-0.05, 0) is 44.5 Å². The third-order valence-corrected chi connectivity index (χ3v) is 5.45. The Morgan fingerprint density at radius 3 is 2.36 bits per heavy atom. The highest BCUT2D eigenvalue weighted by Crippen LogP contribution is 2.24. The van der Waals surface area contributed by atoms with Gasteiger partial charge in [0.2, 0.25) is 15.9 Å². The molecule has 3 aromatic rings. The van der Waals surface area contributed by atoms with Gasteiger partial charge < -0.3 is 4.42 Å². The minimum absolute atomic E-state index is 0.0808. The van der Waals surface area contributed by atoms with Gasteiger partial charge in [-0.25, -0.2) is 18.1 Å². The predicted octanol–water partition coefficient (Wildman–Crippen LogP) is 3.75. The quantitative estimate of drug-likeness (QED) is 0.756. The Bertz CT molecular complexity index is 990. The normalized spacial score (nSPS) is 11.6. The average Bonchev–Trinajstić information content (AvgIpc) is 2.95. The van der Waals surface area contributed by atoms with Crippen molar-refractivity contribution in [3.63, 3.8) is 0 Å². The van der Waals surface area contributed by atoms with Crippen molar-refractivity contribution in [2.45, 2.75) is 32.2 Å². The molecule has 2 aromatic carbocycles. The van der Waals surface area contributed by atoms with Gasteiger partial charge in [-0.15, -0.1) is 0 Å². The summed E-state index contributed by atoms with van der Waals surface area (Å²) in [6.07, 6.45) is 0. The van der Waals surface area contributed by atoms with Crippen molar-refractivity contribution in [1.82, 2.24) is 9.71 Å². The number of nitrogens with one attached hydrogen (secondary N) is 1. The summed E-state index contributed by atoms with van der Waals surface area (Å²) >= 11 is 0. The number of aryl methyl sites for hydroxylation is 3. The van der Waals surface area contributed by atoms with E-state index < -0.39 is 10.0 Å². The van der Waals surface area contributed by atoms with E-state index in [2.05, 4.69) is 9.71 Å². The van der Waals surface area contributed by atoms with Crippen LogP contribution in [0.4, 0.5) is 0 Å². The Hall–Kier alpha value is -2.44. The summed E-state index contributed by atoms with van der Waals surface area (Å²) in [5.41, 5.74) is 3.54. The number of hydrogen-bond acceptors (Lipinski definition) is 4. The van der Waals surface area contributed by atoms with Crippen LogP contribution in [0, 0.1) is 20.8 Å². The molecule has 0 aliphatic heterocycles. The Labute approximate surface area is 147 Å². The molecule has 1 N–H and O–H groups in total. The molecule has 0 unspecified atom stereocenters. The van der Waals surface area contributed by atoms with Gasteiger partial charge in [0, 0.05) is 5.56 Å². The zero-order valence-corrected chi connectivity index (χ0v) is 15.2. The fraction of sp³-hybridized carbons (Fsp3) is 0.211. The fourth-order valence-electron chi connectivity index (χ4n) is 2.48. The van der Waals surface area contributed by atoms with Gasteiger partial charge >= 0.3 is 0 Å². The number of sulfonamides is 1. The van der Waals surface area contributed by atoms with Crippen molar-refractivity contribution in [3.8, 4) is 11.5 Å². The maximum Gasteiger partial charge on any atom is 0.240 e. The van der Waals surface area contributed by atoms with E-state index in [0.29, 0.717) is 17.3 Å². The van der Waals surface area contributed by atoms with Crippen molar-refractivity contribution < 1.29 is 12.8 Å². The molecule has 0 saturated heterocycles. The number of rotatable bonds is 5. The van der Waals surface area contributed by atoms with Crippen molar-refractivity contribution in [2.24, 2.45) is 0 Å². The van der Waals surface area contributed by atoms with E-state index in [0.717, 1.165) is 16.7 Å². The second-order valence-electron chi connectivity index (χ2n) is 5.97. The van der Waals surface area contributed by atoms with Gasteiger partial charge in [-0.1, -0.05) is 35.9 Å². The van der Waals surface area contributed by atoms with Gasteiger partial charge in [-0.2, -0.15) is 0 Å². The van der Waals surface area contributed by atoms with Gasteiger partial charge in [0.15, 0.2) is 0 Å². The Morgan fingerprint density at radius 1 is 1.00 bits per heavy atom. The molecule has 0 amide bonds. The predicted molar refractivity (Wildman–Crippen MR) is 96.6 cm³/mol. The van der Waals surface area contributed by atoms with Crippen LogP contribution < -0.4 is 4.72 Å². The van der Waals surface area contributed by atoms with Crippen molar-refractivity contribution in [2.75, 3.05) is 0 Å². The molecule has 0 radical (unpaired) electrons. The molecule has 1 aromatic heterocycles. The second-order valence-corrected chi connectivity index (χ2v) is 7.74. The first-order chi connectivity index (χ1) is 11.9. The zero-order chi connectivity index (χ0) is 18.0. The standard InChI is InChI=1S/C19H20N2O3S/c1-13-8-10-16(11-9-13)25(22,23)20-12-18-15(3)24-19(21-18)17-7-5-4-6-14(17)2/h4-11,20H,12H2,1-3H3. The van der Waals surface area contributed by atoms with Gasteiger partial charge in [0.25, 0.3) is 0 Å². The van der Waals surface area contributed by atoms with E-state index in [1.807, 2.05) is 38.1 Å². The first-order valence-corrected chi connectivity index (χ1v) is 9.44. The van der Waals surface area contributed by atoms with Crippen molar-refractivity contribution in [3.05, 3.63) is 71.1 Å². The van der Waals surface area contributed by atoms with Crippen molar-refractivity contribution in [1.29, 1.82) is 0 Å². The molecule has 130 valence electrons. The second kappa shape index (κ2) is 6.82. The highest BCUT2D eigenvalue weighted by atomic mass is 32.2. The monoisotopic (exact) mass is 356 g/mol. The number of nitrogens with zero attached hydrogens (tertiary/aromatic N) is 1. The van der Waals surface area contributed by atoms with E-state index in [9.17, 15) is 8.42 Å². The molecule has 0 aliphatic rings. The first-order valence-electron chi connectivity index (χ1n) is 7.95. The summed E-state index contributed by atoms with van der Waals surface area (Å²) in [7, 11) is -3.59. The maximum atomic E-state index is 12.4. The minimum atomic E-state index is -3.59. The lowest BCUT2D eigenvalue weighted by Gasteiger charge is -2.05. The Kier molecular flexibility index (Phi) is 4.74. The molecule has 0 atom stereocenters. The SMILES string of the molecule is Cc1ccc(S(=O)(=O)NCc2nc(-c3ccccc3C)oc2C)cc1. The fourth-order valence-corrected chi connectivity index (χ4v) is 3.47. The molecule has 0 fully saturated rings. The van der Waals surface area contributed by atoms with E-state index in [1.54, 1.807) is 31.2 Å². The summed E-state index contributed by atoms with van der Waals surface area (Å²) < 4.78 is 33.1. The van der Waals surface area contributed by atoms with Gasteiger partial charge in [0.05, 0.1) is 17.1 Å². The molecule has 6 heteroatoms. The van der Waals surface area contributed by atoms with Crippen LogP contribution in [0.15, 0.2) is 57.8 Å². The first kappa shape index (κ1) is 17.4. The number of hydrogen-bond donors (Lipinski definition) is 1. The third kappa shape index (κ3) is 3.81. The third-order valence-electron chi connectivity index (χ3n) is 4.03. The molecule has 25 heavy (non-hydrogen) atoms. The van der Waals surface area contributed by atoms with Crippen LogP contribution in [-0.4, -0.2) is 13.4 Å². The summed E-state index contributed by atoms with van der Waals surface area (Å²) in [5.74, 6) is 1.10. The van der Waals surface area contributed by atoms with E-state index >= 15 is 0 Å². The lowest BCUT2D eigenvalue weighted by molar-refractivity contribution is 0.538. The largest absolute Gasteiger partial charge is 0.441 e. The minimum Gasteiger partial charge on any atom is -0.441 e. The van der Waals surface area contributed by atoms with Crippen LogP contribution in [0.25, 0.3) is 11.5 Å². The van der Waals surface area contributed by atoms with Crippen LogP contribution >= 0.6 is 0 Å². The zero-order valence-electron chi connectivity index (χ0n) is 14.4. The van der Waals surface area contributed by atoms with E-state index in [4.69, 9.17) is 4.42 Å². The number of oxazole rings is 1. The van der Waals surface area contributed by atoms with Crippen LogP contribution in [0.2, 0.25) is 0 Å². The summed E-state index contributed by atoms with van der Waals surface area (Å²) in [4.78, 5) is 4.69. The molecular weight excluding hydrogens is 336 g/mol. The number of benzene rings is 2. The van der Waals surface area contributed by atoms with Crippen LogP contribution in [0.1, 0.15) is 22.6 Å². The average molecular weight is 356 g/mol. The smallest absolute Gasteiger partial charge is 0.240 e. The Balaban J connectivity index is 1.80. The molecule has 0 bridgehead atoms. The summed E-state index contributed by atoms with van der Waals surface area (Å²) in [6, 6.07) is 14.5. The van der Waals surface area contributed by atoms with E-state index in [1.165, 1.54) is 0 Å². The topological polar surface area (TPSA) is 72.2 Å². The lowest BCUT2D eigenvalue weighted by atomic mass is 10.1. The maximum absolute atomic E-state index is 12.4. The van der Waals surface area contributed by atoms with Crippen LogP contribution in [0.3, 0.4) is 0 Å². The molecular formula is C19H20N2O3S. The summed E-state index contributed by atoms with van der Waals surface area (Å²) in [6.45, 7) is 5.76. The molecule has 5 nitrogen and oxygen atoms in total. The van der Waals surface area contributed by atoms with E-state index in [-0.39, 0.29) is 11.4 Å². The van der Waals surface area contributed by atoms with Crippen LogP contribution in [0.5, 0.6) is 0 Å². The molecule has 0 aliphatic carbocycles. The molecule has 0 spiro atoms.